The molecule has 1 atom stereocenters. The summed E-state index contributed by atoms with van der Waals surface area (Å²) in [4.78, 5) is 29.7. The predicted molar refractivity (Wildman–Crippen MR) is 146 cm³/mol. The van der Waals surface area contributed by atoms with Gasteiger partial charge in [-0.05, 0) is 48.2 Å². The number of halogens is 1. The molecule has 3 aromatic rings. The van der Waals surface area contributed by atoms with Crippen molar-refractivity contribution in [3.05, 3.63) is 101 Å². The molecule has 3 rings (SSSR count). The van der Waals surface area contributed by atoms with Gasteiger partial charge >= 0.3 is 0 Å². The number of nitrogens with one attached hydrogen (secondary N) is 1. The Labute approximate surface area is 218 Å². The first kappa shape index (κ1) is 26.8. The summed E-state index contributed by atoms with van der Waals surface area (Å²) < 4.78 is 0. The van der Waals surface area contributed by atoms with Crippen molar-refractivity contribution in [3.8, 4) is 0 Å². The monoisotopic (exact) mass is 508 g/mol. The summed E-state index contributed by atoms with van der Waals surface area (Å²) in [5, 5.41) is 3.72. The lowest BCUT2D eigenvalue weighted by Gasteiger charge is -2.32. The molecule has 0 aliphatic rings. The van der Waals surface area contributed by atoms with Crippen molar-refractivity contribution in [1.29, 1.82) is 0 Å². The van der Waals surface area contributed by atoms with Gasteiger partial charge in [-0.25, -0.2) is 0 Å². The number of carbonyl (C=O) groups is 2. The van der Waals surface area contributed by atoms with E-state index in [2.05, 4.69) is 19.2 Å². The standard InChI is InChI=1S/C29H33ClN2O2S/c1-21(2)18-31-29(34)27(17-23-7-5-4-6-8-23)32(19-24-11-9-22(3)10-12-24)28(33)20-35-26-15-13-25(30)14-16-26/h4-16,21,27H,17-20H2,1-3H3,(H,31,34)/t27-/m0/s1. The summed E-state index contributed by atoms with van der Waals surface area (Å²) in [7, 11) is 0. The fraction of sp³-hybridized carbons (Fsp3) is 0.310. The van der Waals surface area contributed by atoms with Crippen molar-refractivity contribution in [2.45, 2.75) is 44.7 Å². The largest absolute Gasteiger partial charge is 0.354 e. The number of benzene rings is 3. The number of nitrogens with zero attached hydrogens (tertiary/aromatic N) is 1. The Kier molecular flexibility index (Phi) is 10.2. The van der Waals surface area contributed by atoms with E-state index in [1.54, 1.807) is 4.90 Å². The first-order valence-electron chi connectivity index (χ1n) is 11.9. The summed E-state index contributed by atoms with van der Waals surface area (Å²) >= 11 is 7.45. The summed E-state index contributed by atoms with van der Waals surface area (Å²) in [5.74, 6) is 0.347. The highest BCUT2D eigenvalue weighted by Crippen LogP contribution is 2.23. The molecule has 0 spiro atoms. The zero-order valence-electron chi connectivity index (χ0n) is 20.5. The molecule has 0 aliphatic carbocycles. The van der Waals surface area contributed by atoms with E-state index in [0.717, 1.165) is 21.6 Å². The Morgan fingerprint density at radius 3 is 2.20 bits per heavy atom. The third-order valence-corrected chi connectivity index (χ3v) is 6.85. The minimum Gasteiger partial charge on any atom is -0.354 e. The molecule has 6 heteroatoms. The van der Waals surface area contributed by atoms with Gasteiger partial charge in [0.25, 0.3) is 0 Å². The molecule has 0 bridgehead atoms. The summed E-state index contributed by atoms with van der Waals surface area (Å²) in [5.41, 5.74) is 3.17. The Bertz CT molecular complexity index is 1090. The van der Waals surface area contributed by atoms with Crippen LogP contribution in [0.3, 0.4) is 0 Å². The second-order valence-corrected chi connectivity index (χ2v) is 10.6. The summed E-state index contributed by atoms with van der Waals surface area (Å²) in [6.45, 7) is 7.09. The van der Waals surface area contributed by atoms with Crippen LogP contribution < -0.4 is 5.32 Å². The van der Waals surface area contributed by atoms with Crippen molar-refractivity contribution in [1.82, 2.24) is 10.2 Å². The van der Waals surface area contributed by atoms with Gasteiger partial charge in [-0.15, -0.1) is 11.8 Å². The van der Waals surface area contributed by atoms with Gasteiger partial charge in [0.1, 0.15) is 6.04 Å². The zero-order valence-corrected chi connectivity index (χ0v) is 22.1. The van der Waals surface area contributed by atoms with E-state index in [-0.39, 0.29) is 17.6 Å². The third-order valence-electron chi connectivity index (χ3n) is 5.61. The number of aryl methyl sites for hydroxylation is 1. The molecular weight excluding hydrogens is 476 g/mol. The number of amides is 2. The Morgan fingerprint density at radius 1 is 0.914 bits per heavy atom. The van der Waals surface area contributed by atoms with Crippen LogP contribution in [0.15, 0.2) is 83.8 Å². The second kappa shape index (κ2) is 13.4. The highest BCUT2D eigenvalue weighted by molar-refractivity contribution is 8.00. The van der Waals surface area contributed by atoms with Crippen LogP contribution in [0, 0.1) is 12.8 Å². The quantitative estimate of drug-likeness (QED) is 0.316. The van der Waals surface area contributed by atoms with E-state index in [9.17, 15) is 9.59 Å². The van der Waals surface area contributed by atoms with E-state index < -0.39 is 6.04 Å². The molecule has 0 saturated heterocycles. The fourth-order valence-electron chi connectivity index (χ4n) is 3.63. The lowest BCUT2D eigenvalue weighted by atomic mass is 10.0. The normalized spacial score (nSPS) is 11.8. The van der Waals surface area contributed by atoms with Crippen LogP contribution in [-0.2, 0) is 22.6 Å². The number of hydrogen-bond donors (Lipinski definition) is 1. The van der Waals surface area contributed by atoms with Gasteiger partial charge in [0, 0.05) is 29.4 Å². The molecule has 0 heterocycles. The molecule has 0 radical (unpaired) electrons. The van der Waals surface area contributed by atoms with Crippen molar-refractivity contribution >= 4 is 35.2 Å². The Hall–Kier alpha value is -2.76. The molecule has 35 heavy (non-hydrogen) atoms. The number of thioether (sulfide) groups is 1. The maximum Gasteiger partial charge on any atom is 0.243 e. The minimum absolute atomic E-state index is 0.0776. The van der Waals surface area contributed by atoms with Gasteiger partial charge in [-0.2, -0.15) is 0 Å². The number of hydrogen-bond acceptors (Lipinski definition) is 3. The van der Waals surface area contributed by atoms with Gasteiger partial charge in [-0.1, -0.05) is 85.6 Å². The van der Waals surface area contributed by atoms with Crippen LogP contribution in [0.1, 0.15) is 30.5 Å². The van der Waals surface area contributed by atoms with Crippen LogP contribution in [0.25, 0.3) is 0 Å². The van der Waals surface area contributed by atoms with Gasteiger partial charge in [-0.3, -0.25) is 9.59 Å². The van der Waals surface area contributed by atoms with Crippen molar-refractivity contribution in [3.63, 3.8) is 0 Å². The molecule has 0 aliphatic heterocycles. The molecule has 0 saturated carbocycles. The summed E-state index contributed by atoms with van der Waals surface area (Å²) in [6, 6.07) is 24.8. The third kappa shape index (κ3) is 8.75. The highest BCUT2D eigenvalue weighted by atomic mass is 35.5. The molecule has 184 valence electrons. The van der Waals surface area contributed by atoms with Gasteiger partial charge < -0.3 is 10.2 Å². The van der Waals surface area contributed by atoms with Crippen LogP contribution in [0.5, 0.6) is 0 Å². The number of carbonyl (C=O) groups excluding carboxylic acids is 2. The van der Waals surface area contributed by atoms with Gasteiger partial charge in [0.15, 0.2) is 0 Å². The van der Waals surface area contributed by atoms with Gasteiger partial charge in [0.05, 0.1) is 5.75 Å². The average Bonchev–Trinajstić information content (AvgIpc) is 2.86. The molecule has 0 fully saturated rings. The molecule has 3 aromatic carbocycles. The van der Waals surface area contributed by atoms with Gasteiger partial charge in [0.2, 0.25) is 11.8 Å². The van der Waals surface area contributed by atoms with Crippen molar-refractivity contribution in [2.75, 3.05) is 12.3 Å². The van der Waals surface area contributed by atoms with E-state index >= 15 is 0 Å². The minimum atomic E-state index is -0.615. The molecule has 4 nitrogen and oxygen atoms in total. The van der Waals surface area contributed by atoms with Crippen LogP contribution in [0.2, 0.25) is 5.02 Å². The lowest BCUT2D eigenvalue weighted by molar-refractivity contribution is -0.139. The molecule has 1 N–H and O–H groups in total. The zero-order chi connectivity index (χ0) is 25.2. The highest BCUT2D eigenvalue weighted by Gasteiger charge is 2.30. The number of rotatable bonds is 11. The average molecular weight is 509 g/mol. The molecule has 0 aromatic heterocycles. The van der Waals surface area contributed by atoms with E-state index in [0.29, 0.717) is 30.5 Å². The smallest absolute Gasteiger partial charge is 0.243 e. The fourth-order valence-corrected chi connectivity index (χ4v) is 4.54. The van der Waals surface area contributed by atoms with Crippen molar-refractivity contribution < 1.29 is 9.59 Å². The van der Waals surface area contributed by atoms with E-state index in [1.165, 1.54) is 11.8 Å². The first-order valence-corrected chi connectivity index (χ1v) is 13.2. The Balaban J connectivity index is 1.88. The van der Waals surface area contributed by atoms with E-state index in [1.807, 2.05) is 85.8 Å². The van der Waals surface area contributed by atoms with Crippen LogP contribution in [-0.4, -0.2) is 35.1 Å². The maximum absolute atomic E-state index is 13.6. The molecular formula is C29H33ClN2O2S. The SMILES string of the molecule is Cc1ccc(CN(C(=O)CSc2ccc(Cl)cc2)[C@@H](Cc2ccccc2)C(=O)NCC(C)C)cc1. The van der Waals surface area contributed by atoms with Crippen molar-refractivity contribution in [2.24, 2.45) is 5.92 Å². The predicted octanol–water partition coefficient (Wildman–Crippen LogP) is 6.15. The van der Waals surface area contributed by atoms with Crippen LogP contribution >= 0.6 is 23.4 Å². The lowest BCUT2D eigenvalue weighted by Crippen LogP contribution is -2.51. The molecule has 0 unspecified atom stereocenters. The van der Waals surface area contributed by atoms with E-state index in [4.69, 9.17) is 11.6 Å². The summed E-state index contributed by atoms with van der Waals surface area (Å²) in [6.07, 6.45) is 0.452. The first-order chi connectivity index (χ1) is 16.8. The molecule has 2 amide bonds. The Morgan fingerprint density at radius 2 is 1.57 bits per heavy atom. The van der Waals surface area contributed by atoms with Crippen LogP contribution in [0.4, 0.5) is 0 Å². The topological polar surface area (TPSA) is 49.4 Å². The second-order valence-electron chi connectivity index (χ2n) is 9.09. The maximum atomic E-state index is 13.6.